The van der Waals surface area contributed by atoms with Crippen molar-refractivity contribution in [2.45, 2.75) is 96.8 Å². The van der Waals surface area contributed by atoms with E-state index in [0.717, 1.165) is 56.9 Å². The van der Waals surface area contributed by atoms with Crippen molar-refractivity contribution in [3.8, 4) is 5.75 Å². The van der Waals surface area contributed by atoms with E-state index in [1.54, 1.807) is 17.0 Å². The quantitative estimate of drug-likeness (QED) is 0.0583. The van der Waals surface area contributed by atoms with Crippen molar-refractivity contribution in [1.82, 2.24) is 4.90 Å². The zero-order valence-corrected chi connectivity index (χ0v) is 27.5. The van der Waals surface area contributed by atoms with Crippen LogP contribution in [-0.4, -0.2) is 61.4 Å². The predicted octanol–water partition coefficient (Wildman–Crippen LogP) is 7.74. The molecule has 2 aromatic rings. The summed E-state index contributed by atoms with van der Waals surface area (Å²) in [4.78, 5) is 39.4. The first-order valence-corrected chi connectivity index (χ1v) is 17.2. The van der Waals surface area contributed by atoms with Crippen molar-refractivity contribution in [3.63, 3.8) is 0 Å². The second-order valence-corrected chi connectivity index (χ2v) is 12.1. The van der Waals surface area contributed by atoms with Crippen LogP contribution in [0.2, 0.25) is 0 Å². The first-order valence-electron chi connectivity index (χ1n) is 16.1. The molecule has 3 rings (SSSR count). The van der Waals surface area contributed by atoms with Gasteiger partial charge in [0.05, 0.1) is 19.3 Å². The fraction of sp³-hybridized carbons (Fsp3) is 0.559. The van der Waals surface area contributed by atoms with Crippen LogP contribution in [0.5, 0.6) is 5.75 Å². The first-order chi connectivity index (χ1) is 22.0. The molecule has 1 aliphatic heterocycles. The summed E-state index contributed by atoms with van der Waals surface area (Å²) in [5, 5.41) is 0. The van der Waals surface area contributed by atoms with Crippen LogP contribution in [0.4, 0.5) is 4.79 Å². The lowest BCUT2D eigenvalue weighted by Gasteiger charge is -2.26. The SMILES string of the molecule is CCCCCC(=O)OC[C@H](COP(OC[C@@H]1CCCN1C(=O)OCc1ccccc1)Oc1ccccc1)OC(=O)CCCCC. The van der Waals surface area contributed by atoms with Crippen LogP contribution in [0.1, 0.15) is 83.6 Å². The van der Waals surface area contributed by atoms with Crippen LogP contribution in [0.25, 0.3) is 0 Å². The van der Waals surface area contributed by atoms with Gasteiger partial charge in [0.1, 0.15) is 19.0 Å². The van der Waals surface area contributed by atoms with E-state index in [0.29, 0.717) is 18.7 Å². The Balaban J connectivity index is 1.59. The van der Waals surface area contributed by atoms with Crippen molar-refractivity contribution < 1.29 is 42.2 Å². The number of ether oxygens (including phenoxy) is 3. The second-order valence-electron chi connectivity index (χ2n) is 11.0. The molecule has 45 heavy (non-hydrogen) atoms. The van der Waals surface area contributed by atoms with E-state index < -0.39 is 20.8 Å². The molecule has 0 N–H and O–H groups in total. The average Bonchev–Trinajstić information content (AvgIpc) is 3.53. The molecule has 0 aliphatic carbocycles. The third-order valence-electron chi connectivity index (χ3n) is 7.18. The molecule has 2 aromatic carbocycles. The molecule has 248 valence electrons. The molecule has 0 bridgehead atoms. The van der Waals surface area contributed by atoms with Gasteiger partial charge in [-0.25, -0.2) is 4.79 Å². The number of hydrogen-bond donors (Lipinski definition) is 0. The molecule has 1 saturated heterocycles. The van der Waals surface area contributed by atoms with Gasteiger partial charge in [-0.15, -0.1) is 0 Å². The van der Waals surface area contributed by atoms with Gasteiger partial charge in [0.2, 0.25) is 0 Å². The number of rotatable bonds is 21. The Morgan fingerprint density at radius 3 is 2.18 bits per heavy atom. The van der Waals surface area contributed by atoms with Gasteiger partial charge >= 0.3 is 26.6 Å². The fourth-order valence-electron chi connectivity index (χ4n) is 4.66. The molecular weight excluding hydrogens is 597 g/mol. The maximum absolute atomic E-state index is 12.9. The summed E-state index contributed by atoms with van der Waals surface area (Å²) in [5.74, 6) is -0.163. The number of carbonyl (C=O) groups is 3. The highest BCUT2D eigenvalue weighted by Crippen LogP contribution is 2.41. The highest BCUT2D eigenvalue weighted by molar-refractivity contribution is 7.42. The summed E-state index contributed by atoms with van der Waals surface area (Å²) in [6.45, 7) is 4.85. The lowest BCUT2D eigenvalue weighted by molar-refractivity contribution is -0.161. The van der Waals surface area contributed by atoms with E-state index in [2.05, 4.69) is 13.8 Å². The van der Waals surface area contributed by atoms with Crippen molar-refractivity contribution in [2.24, 2.45) is 0 Å². The number of carbonyl (C=O) groups excluding carboxylic acids is 3. The van der Waals surface area contributed by atoms with E-state index in [1.165, 1.54) is 0 Å². The van der Waals surface area contributed by atoms with Crippen molar-refractivity contribution in [3.05, 3.63) is 66.2 Å². The number of hydrogen-bond acceptors (Lipinski definition) is 9. The van der Waals surface area contributed by atoms with Crippen LogP contribution >= 0.6 is 8.60 Å². The van der Waals surface area contributed by atoms with Crippen molar-refractivity contribution in [1.29, 1.82) is 0 Å². The molecule has 3 atom stereocenters. The number of para-hydroxylation sites is 1. The third-order valence-corrected chi connectivity index (χ3v) is 8.26. The highest BCUT2D eigenvalue weighted by Gasteiger charge is 2.32. The minimum Gasteiger partial charge on any atom is -0.462 e. The largest absolute Gasteiger partial charge is 0.462 e. The lowest BCUT2D eigenvalue weighted by Crippen LogP contribution is -2.38. The molecule has 0 aromatic heterocycles. The highest BCUT2D eigenvalue weighted by atomic mass is 31.2. The van der Waals surface area contributed by atoms with E-state index >= 15 is 0 Å². The Labute approximate surface area is 268 Å². The van der Waals surface area contributed by atoms with Gasteiger partial charge in [-0.2, -0.15) is 0 Å². The Hall–Kier alpha value is -3.20. The van der Waals surface area contributed by atoms with Gasteiger partial charge in [-0.3, -0.25) is 14.1 Å². The molecule has 1 heterocycles. The Morgan fingerprint density at radius 1 is 0.822 bits per heavy atom. The standard InChI is InChI=1S/C34H48NO9P/c1-3-5-9-21-32(36)39-26-31(43-33(37)22-10-6-4-2)27-42-45(44-30-19-13-8-14-20-30)41-25-29-18-15-23-35(29)34(38)40-24-28-16-11-7-12-17-28/h7-8,11-14,16-17,19-20,29,31H,3-6,9-10,15,18,21-27H2,1-2H3/t29-,31+,45?/m0/s1. The Kier molecular flexibility index (Phi) is 17.3. The van der Waals surface area contributed by atoms with Crippen LogP contribution < -0.4 is 4.52 Å². The monoisotopic (exact) mass is 645 g/mol. The zero-order valence-electron chi connectivity index (χ0n) is 26.6. The van der Waals surface area contributed by atoms with Crippen molar-refractivity contribution >= 4 is 26.6 Å². The minimum atomic E-state index is -1.95. The average molecular weight is 646 g/mol. The van der Waals surface area contributed by atoms with Crippen LogP contribution in [0.15, 0.2) is 60.7 Å². The van der Waals surface area contributed by atoms with Gasteiger partial charge in [-0.05, 0) is 43.4 Å². The lowest BCUT2D eigenvalue weighted by atomic mass is 10.2. The molecule has 1 amide bonds. The maximum atomic E-state index is 12.9. The summed E-state index contributed by atoms with van der Waals surface area (Å²) < 4.78 is 34.8. The first kappa shape index (κ1) is 36.3. The number of nitrogens with zero attached hydrogens (tertiary/aromatic N) is 1. The molecule has 0 radical (unpaired) electrons. The third kappa shape index (κ3) is 14.6. The molecule has 1 fully saturated rings. The van der Waals surface area contributed by atoms with E-state index in [9.17, 15) is 14.4 Å². The predicted molar refractivity (Wildman–Crippen MR) is 171 cm³/mol. The van der Waals surface area contributed by atoms with Gasteiger partial charge in [0, 0.05) is 19.4 Å². The summed E-state index contributed by atoms with van der Waals surface area (Å²) in [5.41, 5.74) is 0.915. The Bertz CT molecular complexity index is 1120. The number of unbranched alkanes of at least 4 members (excludes halogenated alkanes) is 4. The molecule has 0 saturated carbocycles. The number of esters is 2. The molecule has 10 nitrogen and oxygen atoms in total. The fourth-order valence-corrected chi connectivity index (χ4v) is 5.71. The van der Waals surface area contributed by atoms with Crippen LogP contribution in [-0.2, 0) is 39.5 Å². The molecule has 0 spiro atoms. The van der Waals surface area contributed by atoms with E-state index in [4.69, 9.17) is 27.8 Å². The zero-order chi connectivity index (χ0) is 32.1. The summed E-state index contributed by atoms with van der Waals surface area (Å²) >= 11 is 0. The van der Waals surface area contributed by atoms with Gasteiger partial charge in [-0.1, -0.05) is 88.1 Å². The Morgan fingerprint density at radius 2 is 1.49 bits per heavy atom. The minimum absolute atomic E-state index is 0.0895. The molecule has 1 aliphatic rings. The van der Waals surface area contributed by atoms with E-state index in [-0.39, 0.29) is 50.8 Å². The summed E-state index contributed by atoms with van der Waals surface area (Å²) in [6.07, 6.45) is 6.26. The normalized spacial score (nSPS) is 15.7. The second kappa shape index (κ2) is 21.5. The van der Waals surface area contributed by atoms with Gasteiger partial charge in [0.25, 0.3) is 0 Å². The maximum Gasteiger partial charge on any atom is 0.410 e. The number of likely N-dealkylation sites (tertiary alicyclic amines) is 1. The van der Waals surface area contributed by atoms with Crippen LogP contribution in [0, 0.1) is 0 Å². The smallest absolute Gasteiger partial charge is 0.410 e. The topological polar surface area (TPSA) is 110 Å². The number of amides is 1. The molecule has 11 heteroatoms. The summed E-state index contributed by atoms with van der Waals surface area (Å²) in [6, 6.07) is 18.4. The van der Waals surface area contributed by atoms with Gasteiger partial charge < -0.3 is 28.2 Å². The van der Waals surface area contributed by atoms with Crippen LogP contribution in [0.3, 0.4) is 0 Å². The van der Waals surface area contributed by atoms with Crippen molar-refractivity contribution in [2.75, 3.05) is 26.4 Å². The number of benzene rings is 2. The van der Waals surface area contributed by atoms with E-state index in [1.807, 2.05) is 48.5 Å². The van der Waals surface area contributed by atoms with Gasteiger partial charge in [0.15, 0.2) is 6.10 Å². The molecular formula is C34H48NO9P. The summed E-state index contributed by atoms with van der Waals surface area (Å²) in [7, 11) is -1.95. The molecule has 1 unspecified atom stereocenters.